The van der Waals surface area contributed by atoms with Gasteiger partial charge in [-0.1, -0.05) is 6.07 Å². The van der Waals surface area contributed by atoms with E-state index in [4.69, 9.17) is 0 Å². The number of rotatable bonds is 5. The first-order chi connectivity index (χ1) is 10.5. The van der Waals surface area contributed by atoms with Gasteiger partial charge >= 0.3 is 0 Å². The summed E-state index contributed by atoms with van der Waals surface area (Å²) in [4.78, 5) is 26.5. The molecule has 7 heteroatoms. The minimum absolute atomic E-state index is 0.0480. The SMILES string of the molecule is CC(=O)NCC(=O)NCCc1ccc2cc(O)c(O)cc2n1. The van der Waals surface area contributed by atoms with E-state index in [0.29, 0.717) is 23.9 Å². The minimum Gasteiger partial charge on any atom is -0.504 e. The van der Waals surface area contributed by atoms with Crippen molar-refractivity contribution in [2.45, 2.75) is 13.3 Å². The Morgan fingerprint density at radius 3 is 2.59 bits per heavy atom. The van der Waals surface area contributed by atoms with Gasteiger partial charge in [0, 0.05) is 37.0 Å². The number of benzene rings is 1. The summed E-state index contributed by atoms with van der Waals surface area (Å²) < 4.78 is 0. The van der Waals surface area contributed by atoms with Crippen molar-refractivity contribution in [2.24, 2.45) is 0 Å². The highest BCUT2D eigenvalue weighted by atomic mass is 16.3. The van der Waals surface area contributed by atoms with Crippen LogP contribution < -0.4 is 10.6 Å². The van der Waals surface area contributed by atoms with E-state index in [1.165, 1.54) is 19.1 Å². The lowest BCUT2D eigenvalue weighted by Crippen LogP contribution is -2.36. The van der Waals surface area contributed by atoms with Gasteiger partial charge in [0.15, 0.2) is 11.5 Å². The molecule has 116 valence electrons. The van der Waals surface area contributed by atoms with E-state index in [1.54, 1.807) is 12.1 Å². The van der Waals surface area contributed by atoms with Gasteiger partial charge in [-0.3, -0.25) is 14.6 Å². The lowest BCUT2D eigenvalue weighted by Gasteiger charge is -2.07. The second kappa shape index (κ2) is 6.75. The quantitative estimate of drug-likeness (QED) is 0.599. The highest BCUT2D eigenvalue weighted by Gasteiger charge is 2.05. The van der Waals surface area contributed by atoms with Crippen LogP contribution in [-0.2, 0) is 16.0 Å². The van der Waals surface area contributed by atoms with Crippen molar-refractivity contribution in [3.8, 4) is 11.5 Å². The number of carbonyl (C=O) groups excluding carboxylic acids is 2. The standard InChI is InChI=1S/C15H17N3O4/c1-9(19)17-8-15(22)16-5-4-11-3-2-10-6-13(20)14(21)7-12(10)18-11/h2-3,6-7,20-21H,4-5,8H2,1H3,(H,16,22)(H,17,19). The van der Waals surface area contributed by atoms with Gasteiger partial charge in [0.1, 0.15) is 0 Å². The van der Waals surface area contributed by atoms with Crippen LogP contribution in [0.15, 0.2) is 24.3 Å². The predicted molar refractivity (Wildman–Crippen MR) is 80.5 cm³/mol. The average molecular weight is 303 g/mol. The molecule has 0 aliphatic carbocycles. The number of aromatic nitrogens is 1. The monoisotopic (exact) mass is 303 g/mol. The third-order valence-corrected chi connectivity index (χ3v) is 3.04. The lowest BCUT2D eigenvalue weighted by molar-refractivity contribution is -0.125. The van der Waals surface area contributed by atoms with E-state index in [0.717, 1.165) is 5.69 Å². The Morgan fingerprint density at radius 1 is 1.14 bits per heavy atom. The van der Waals surface area contributed by atoms with Crippen molar-refractivity contribution in [3.05, 3.63) is 30.0 Å². The Labute approximate surface area is 127 Å². The van der Waals surface area contributed by atoms with E-state index >= 15 is 0 Å². The van der Waals surface area contributed by atoms with Gasteiger partial charge in [-0.05, 0) is 12.1 Å². The maximum atomic E-state index is 11.4. The molecule has 0 saturated carbocycles. The molecule has 7 nitrogen and oxygen atoms in total. The summed E-state index contributed by atoms with van der Waals surface area (Å²) >= 11 is 0. The first kappa shape index (κ1) is 15.6. The third-order valence-electron chi connectivity index (χ3n) is 3.04. The summed E-state index contributed by atoms with van der Waals surface area (Å²) in [5.74, 6) is -0.930. The molecule has 0 atom stereocenters. The van der Waals surface area contributed by atoms with Crippen LogP contribution >= 0.6 is 0 Å². The van der Waals surface area contributed by atoms with Gasteiger partial charge in [0.05, 0.1) is 12.1 Å². The molecule has 1 aromatic heterocycles. The number of amides is 2. The molecular weight excluding hydrogens is 286 g/mol. The average Bonchev–Trinajstić information content (AvgIpc) is 2.46. The zero-order valence-corrected chi connectivity index (χ0v) is 12.1. The smallest absolute Gasteiger partial charge is 0.239 e. The molecule has 0 radical (unpaired) electrons. The van der Waals surface area contributed by atoms with E-state index in [-0.39, 0.29) is 29.9 Å². The first-order valence-corrected chi connectivity index (χ1v) is 6.78. The van der Waals surface area contributed by atoms with Gasteiger partial charge < -0.3 is 20.8 Å². The molecule has 0 spiro atoms. The maximum Gasteiger partial charge on any atom is 0.239 e. The number of aromatic hydroxyl groups is 2. The van der Waals surface area contributed by atoms with Crippen LogP contribution in [0.25, 0.3) is 10.9 Å². The summed E-state index contributed by atoms with van der Waals surface area (Å²) in [5.41, 5.74) is 1.31. The molecule has 0 aliphatic rings. The number of pyridine rings is 1. The molecule has 0 fully saturated rings. The summed E-state index contributed by atoms with van der Waals surface area (Å²) in [5, 5.41) is 24.7. The highest BCUT2D eigenvalue weighted by Crippen LogP contribution is 2.29. The van der Waals surface area contributed by atoms with Gasteiger partial charge in [0.25, 0.3) is 0 Å². The molecule has 2 aromatic rings. The Kier molecular flexibility index (Phi) is 4.77. The molecule has 0 unspecified atom stereocenters. The fourth-order valence-electron chi connectivity index (χ4n) is 1.93. The van der Waals surface area contributed by atoms with Crippen molar-refractivity contribution in [1.82, 2.24) is 15.6 Å². The van der Waals surface area contributed by atoms with Crippen LogP contribution in [0, 0.1) is 0 Å². The summed E-state index contributed by atoms with van der Waals surface area (Å²) in [7, 11) is 0. The van der Waals surface area contributed by atoms with Gasteiger partial charge in [0.2, 0.25) is 11.8 Å². The van der Waals surface area contributed by atoms with Crippen molar-refractivity contribution >= 4 is 22.7 Å². The topological polar surface area (TPSA) is 112 Å². The Hall–Kier alpha value is -2.83. The number of phenolic OH excluding ortho intramolecular Hbond substituents is 2. The van der Waals surface area contributed by atoms with Crippen LogP contribution in [0.5, 0.6) is 11.5 Å². The maximum absolute atomic E-state index is 11.4. The van der Waals surface area contributed by atoms with Crippen LogP contribution in [0.1, 0.15) is 12.6 Å². The summed E-state index contributed by atoms with van der Waals surface area (Å²) in [6.07, 6.45) is 0.517. The van der Waals surface area contributed by atoms with E-state index in [2.05, 4.69) is 15.6 Å². The summed E-state index contributed by atoms with van der Waals surface area (Å²) in [6, 6.07) is 6.41. The van der Waals surface area contributed by atoms with Crippen molar-refractivity contribution < 1.29 is 19.8 Å². The fourth-order valence-corrected chi connectivity index (χ4v) is 1.93. The lowest BCUT2D eigenvalue weighted by atomic mass is 10.1. The number of nitrogens with zero attached hydrogens (tertiary/aromatic N) is 1. The van der Waals surface area contributed by atoms with Gasteiger partial charge in [-0.15, -0.1) is 0 Å². The second-order valence-corrected chi connectivity index (χ2v) is 4.85. The number of nitrogens with one attached hydrogen (secondary N) is 2. The van der Waals surface area contributed by atoms with E-state index < -0.39 is 0 Å². The van der Waals surface area contributed by atoms with Crippen molar-refractivity contribution in [2.75, 3.05) is 13.1 Å². The number of fused-ring (bicyclic) bond motifs is 1. The number of carbonyl (C=O) groups is 2. The molecule has 1 heterocycles. The van der Waals surface area contributed by atoms with E-state index in [9.17, 15) is 19.8 Å². The van der Waals surface area contributed by atoms with Crippen LogP contribution in [0.3, 0.4) is 0 Å². The van der Waals surface area contributed by atoms with Crippen LogP contribution in [0.2, 0.25) is 0 Å². The Bertz CT molecular complexity index is 715. The molecular formula is C15H17N3O4. The van der Waals surface area contributed by atoms with Crippen molar-refractivity contribution in [3.63, 3.8) is 0 Å². The molecule has 1 aromatic carbocycles. The summed E-state index contributed by atoms with van der Waals surface area (Å²) in [6.45, 7) is 1.69. The first-order valence-electron chi connectivity index (χ1n) is 6.78. The van der Waals surface area contributed by atoms with Crippen molar-refractivity contribution in [1.29, 1.82) is 0 Å². The molecule has 0 aliphatic heterocycles. The molecule has 2 amide bonds. The Balaban J connectivity index is 1.93. The van der Waals surface area contributed by atoms with Gasteiger partial charge in [-0.25, -0.2) is 0 Å². The molecule has 4 N–H and O–H groups in total. The minimum atomic E-state index is -0.265. The normalized spacial score (nSPS) is 10.4. The zero-order valence-electron chi connectivity index (χ0n) is 12.1. The van der Waals surface area contributed by atoms with Crippen LogP contribution in [0.4, 0.5) is 0 Å². The van der Waals surface area contributed by atoms with E-state index in [1.807, 2.05) is 0 Å². The fraction of sp³-hybridized carbons (Fsp3) is 0.267. The molecule has 22 heavy (non-hydrogen) atoms. The molecule has 0 bridgehead atoms. The zero-order chi connectivity index (χ0) is 16.1. The highest BCUT2D eigenvalue weighted by molar-refractivity contribution is 5.84. The predicted octanol–water partition coefficient (Wildman–Crippen LogP) is 0.441. The third kappa shape index (κ3) is 4.08. The largest absolute Gasteiger partial charge is 0.504 e. The van der Waals surface area contributed by atoms with Gasteiger partial charge in [-0.2, -0.15) is 0 Å². The number of hydrogen-bond acceptors (Lipinski definition) is 5. The number of phenols is 2. The molecule has 2 rings (SSSR count). The Morgan fingerprint density at radius 2 is 1.86 bits per heavy atom. The van der Waals surface area contributed by atoms with Crippen LogP contribution in [-0.4, -0.2) is 40.1 Å². The number of hydrogen-bond donors (Lipinski definition) is 4. The molecule has 0 saturated heterocycles. The second-order valence-electron chi connectivity index (χ2n) is 4.85.